The normalized spacial score (nSPS) is 11.4. The number of halogens is 2. The maximum Gasteiger partial charge on any atom is 0.271 e. The zero-order chi connectivity index (χ0) is 21.8. The van der Waals surface area contributed by atoms with Crippen molar-refractivity contribution in [1.82, 2.24) is 15.0 Å². The lowest BCUT2D eigenvalue weighted by atomic mass is 10.1. The summed E-state index contributed by atoms with van der Waals surface area (Å²) in [7, 11) is 0. The van der Waals surface area contributed by atoms with Gasteiger partial charge in [0.1, 0.15) is 12.1 Å². The lowest BCUT2D eigenvalue weighted by Gasteiger charge is -2.15. The molecule has 0 aliphatic rings. The Morgan fingerprint density at radius 2 is 1.77 bits per heavy atom. The number of phenols is 1. The van der Waals surface area contributed by atoms with Gasteiger partial charge in [0.2, 0.25) is 0 Å². The number of amides is 1. The van der Waals surface area contributed by atoms with Crippen LogP contribution < -0.4 is 10.9 Å². The van der Waals surface area contributed by atoms with E-state index in [1.54, 1.807) is 42.7 Å². The smallest absolute Gasteiger partial charge is 0.271 e. The van der Waals surface area contributed by atoms with E-state index in [1.165, 1.54) is 12.1 Å². The van der Waals surface area contributed by atoms with Gasteiger partial charge in [0.25, 0.3) is 5.91 Å². The van der Waals surface area contributed by atoms with Crippen LogP contribution in [0.15, 0.2) is 90.3 Å². The number of benzene rings is 3. The maximum atomic E-state index is 12.3. The Hall–Kier alpha value is -3.61. The molecule has 0 aliphatic heterocycles. The number of aromatic nitrogens is 2. The molecule has 0 aliphatic carbocycles. The van der Waals surface area contributed by atoms with E-state index in [0.717, 1.165) is 11.3 Å². The van der Waals surface area contributed by atoms with Crippen LogP contribution in [0.25, 0.3) is 16.9 Å². The van der Waals surface area contributed by atoms with Gasteiger partial charge in [-0.15, -0.1) is 0 Å². The van der Waals surface area contributed by atoms with Crippen molar-refractivity contribution < 1.29 is 9.90 Å². The third-order valence-corrected chi connectivity index (χ3v) is 4.99. The van der Waals surface area contributed by atoms with Crippen molar-refractivity contribution in [1.29, 1.82) is 0 Å². The number of carbonyl (C=O) groups excluding carboxylic acids is 1. The highest BCUT2D eigenvalue weighted by atomic mass is 35.5. The molecular formula is C23H16Cl2N4O2. The molecular weight excluding hydrogens is 435 g/mol. The first-order valence-electron chi connectivity index (χ1n) is 9.24. The van der Waals surface area contributed by atoms with Crippen molar-refractivity contribution in [2.75, 3.05) is 0 Å². The minimum atomic E-state index is -0.462. The second-order valence-electron chi connectivity index (χ2n) is 6.57. The molecule has 4 rings (SSSR count). The number of hydrogen-bond donors (Lipinski definition) is 2. The van der Waals surface area contributed by atoms with Gasteiger partial charge in [-0.25, -0.2) is 10.4 Å². The predicted octanol–water partition coefficient (Wildman–Crippen LogP) is 4.80. The molecule has 4 aromatic rings. The molecule has 31 heavy (non-hydrogen) atoms. The lowest BCUT2D eigenvalue weighted by molar-refractivity contribution is 0.0952. The van der Waals surface area contributed by atoms with Gasteiger partial charge < -0.3 is 5.11 Å². The molecule has 0 fully saturated rings. The number of rotatable bonds is 4. The molecule has 0 saturated heterocycles. The molecule has 1 aromatic heterocycles. The largest absolute Gasteiger partial charge is 0.508 e. The molecule has 0 radical (unpaired) electrons. The highest BCUT2D eigenvalue weighted by molar-refractivity contribution is 6.35. The molecule has 0 bridgehead atoms. The van der Waals surface area contributed by atoms with E-state index in [2.05, 4.69) is 15.5 Å². The molecule has 2 N–H and O–H groups in total. The Morgan fingerprint density at radius 1 is 0.968 bits per heavy atom. The fourth-order valence-corrected chi connectivity index (χ4v) is 3.49. The summed E-state index contributed by atoms with van der Waals surface area (Å²) in [4.78, 5) is 16.6. The standard InChI is InChI=1S/C23H16Cl2N4O2/c24-17-9-10-20(19(25)12-17)29-14-26-22(13-21(29)15-5-2-1-3-6-15)27-28-23(31)16-7-4-8-18(30)11-16/h1-14,30H,(H,28,31)/b27-22-. The van der Waals surface area contributed by atoms with Crippen LogP contribution in [0.3, 0.4) is 0 Å². The number of phenolic OH excluding ortho intramolecular Hbond substituents is 1. The van der Waals surface area contributed by atoms with E-state index in [0.29, 0.717) is 21.2 Å². The summed E-state index contributed by atoms with van der Waals surface area (Å²) in [6, 6.07) is 22.6. The van der Waals surface area contributed by atoms with E-state index >= 15 is 0 Å². The van der Waals surface area contributed by atoms with Gasteiger partial charge in [-0.2, -0.15) is 5.10 Å². The minimum Gasteiger partial charge on any atom is -0.508 e. The van der Waals surface area contributed by atoms with E-state index in [1.807, 2.05) is 34.9 Å². The molecule has 8 heteroatoms. The Bertz CT molecular complexity index is 1320. The molecule has 1 amide bonds. The van der Waals surface area contributed by atoms with E-state index in [9.17, 15) is 9.90 Å². The van der Waals surface area contributed by atoms with E-state index in [-0.39, 0.29) is 11.3 Å². The number of nitrogens with zero attached hydrogens (tertiary/aromatic N) is 3. The van der Waals surface area contributed by atoms with Gasteiger partial charge >= 0.3 is 0 Å². The summed E-state index contributed by atoms with van der Waals surface area (Å²) in [5, 5.41) is 14.7. The van der Waals surface area contributed by atoms with Crippen molar-refractivity contribution in [3.8, 4) is 22.7 Å². The second-order valence-corrected chi connectivity index (χ2v) is 7.41. The monoisotopic (exact) mass is 450 g/mol. The van der Waals surface area contributed by atoms with Crippen molar-refractivity contribution in [3.05, 3.63) is 106 Å². The van der Waals surface area contributed by atoms with E-state index < -0.39 is 5.91 Å². The van der Waals surface area contributed by atoms with Crippen LogP contribution in [0.4, 0.5) is 0 Å². The quantitative estimate of drug-likeness (QED) is 0.438. The van der Waals surface area contributed by atoms with Crippen LogP contribution >= 0.6 is 23.2 Å². The summed E-state index contributed by atoms with van der Waals surface area (Å²) in [6.45, 7) is 0. The van der Waals surface area contributed by atoms with Crippen LogP contribution in [0, 0.1) is 0 Å². The highest BCUT2D eigenvalue weighted by Gasteiger charge is 2.10. The minimum absolute atomic E-state index is 0.00210. The Balaban J connectivity index is 1.76. The van der Waals surface area contributed by atoms with Crippen molar-refractivity contribution >= 4 is 29.1 Å². The third kappa shape index (κ3) is 4.77. The molecule has 154 valence electrons. The van der Waals surface area contributed by atoms with Gasteiger partial charge in [0.15, 0.2) is 5.49 Å². The van der Waals surface area contributed by atoms with Crippen molar-refractivity contribution in [2.24, 2.45) is 5.10 Å². The van der Waals surface area contributed by atoms with Gasteiger partial charge in [-0.05, 0) is 42.0 Å². The van der Waals surface area contributed by atoms with E-state index in [4.69, 9.17) is 23.2 Å². The van der Waals surface area contributed by atoms with Crippen LogP contribution in [0.5, 0.6) is 5.75 Å². The molecule has 1 heterocycles. The number of carbonyl (C=O) groups is 1. The van der Waals surface area contributed by atoms with Crippen LogP contribution in [-0.4, -0.2) is 20.6 Å². The summed E-state index contributed by atoms with van der Waals surface area (Å²) < 4.78 is 1.82. The van der Waals surface area contributed by atoms with Crippen LogP contribution in [0.2, 0.25) is 10.0 Å². The average Bonchev–Trinajstić information content (AvgIpc) is 2.78. The second kappa shape index (κ2) is 9.04. The first kappa shape index (κ1) is 20.7. The topological polar surface area (TPSA) is 79.5 Å². The first-order chi connectivity index (χ1) is 15.0. The highest BCUT2D eigenvalue weighted by Crippen LogP contribution is 2.28. The van der Waals surface area contributed by atoms with Crippen molar-refractivity contribution in [2.45, 2.75) is 0 Å². The van der Waals surface area contributed by atoms with Crippen LogP contribution in [0.1, 0.15) is 10.4 Å². The average molecular weight is 451 g/mol. The van der Waals surface area contributed by atoms with Gasteiger partial charge in [-0.1, -0.05) is 59.6 Å². The molecule has 0 spiro atoms. The van der Waals surface area contributed by atoms with Crippen molar-refractivity contribution in [3.63, 3.8) is 0 Å². The molecule has 3 aromatic carbocycles. The van der Waals surface area contributed by atoms with Gasteiger partial charge in [0, 0.05) is 16.7 Å². The van der Waals surface area contributed by atoms with Gasteiger partial charge in [0.05, 0.1) is 16.4 Å². The Kier molecular flexibility index (Phi) is 6.02. The number of nitrogens with one attached hydrogen (secondary N) is 1. The zero-order valence-electron chi connectivity index (χ0n) is 16.0. The third-order valence-electron chi connectivity index (χ3n) is 4.45. The molecule has 0 unspecified atom stereocenters. The lowest BCUT2D eigenvalue weighted by Crippen LogP contribution is -2.23. The predicted molar refractivity (Wildman–Crippen MR) is 120 cm³/mol. The molecule has 6 nitrogen and oxygen atoms in total. The first-order valence-corrected chi connectivity index (χ1v) is 9.99. The number of hydrogen-bond acceptors (Lipinski definition) is 4. The SMILES string of the molecule is O=C(N/N=c1/cc(-c2ccccc2)n(-c2ccc(Cl)cc2Cl)cn1)c1cccc(O)c1. The maximum absolute atomic E-state index is 12.3. The Labute approximate surface area is 188 Å². The van der Waals surface area contributed by atoms with Crippen LogP contribution in [-0.2, 0) is 0 Å². The zero-order valence-corrected chi connectivity index (χ0v) is 17.5. The van der Waals surface area contributed by atoms with Gasteiger partial charge in [-0.3, -0.25) is 9.36 Å². The summed E-state index contributed by atoms with van der Waals surface area (Å²) in [5.41, 5.74) is 5.42. The Morgan fingerprint density at radius 3 is 2.52 bits per heavy atom. The summed E-state index contributed by atoms with van der Waals surface area (Å²) >= 11 is 12.5. The summed E-state index contributed by atoms with van der Waals surface area (Å²) in [5.74, 6) is -0.464. The fourth-order valence-electron chi connectivity index (χ4n) is 2.99. The fraction of sp³-hybridized carbons (Fsp3) is 0. The summed E-state index contributed by atoms with van der Waals surface area (Å²) in [6.07, 6.45) is 1.58. The molecule has 0 saturated carbocycles. The number of aromatic hydroxyl groups is 1. The molecule has 0 atom stereocenters.